The Morgan fingerprint density at radius 1 is 0.885 bits per heavy atom. The SMILES string of the molecule is Cc1ccc(SCc2nnc(SCc3c(Cl)ccc(Cl)c3Cl)n2C)cc1. The van der Waals surface area contributed by atoms with Crippen molar-refractivity contribution in [2.45, 2.75) is 28.5 Å². The maximum absolute atomic E-state index is 6.26. The smallest absolute Gasteiger partial charge is 0.191 e. The van der Waals surface area contributed by atoms with E-state index in [2.05, 4.69) is 41.4 Å². The van der Waals surface area contributed by atoms with Gasteiger partial charge in [0.2, 0.25) is 0 Å². The van der Waals surface area contributed by atoms with Crippen LogP contribution in [0.5, 0.6) is 0 Å². The number of hydrogen-bond donors (Lipinski definition) is 0. The van der Waals surface area contributed by atoms with Crippen molar-refractivity contribution in [2.75, 3.05) is 0 Å². The van der Waals surface area contributed by atoms with Crippen LogP contribution in [0.2, 0.25) is 15.1 Å². The van der Waals surface area contributed by atoms with E-state index in [-0.39, 0.29) is 0 Å². The van der Waals surface area contributed by atoms with E-state index in [1.165, 1.54) is 22.2 Å². The molecule has 8 heteroatoms. The van der Waals surface area contributed by atoms with E-state index in [1.54, 1.807) is 23.9 Å². The lowest BCUT2D eigenvalue weighted by Gasteiger charge is -2.08. The van der Waals surface area contributed by atoms with Crippen LogP contribution in [0.25, 0.3) is 0 Å². The highest BCUT2D eigenvalue weighted by Gasteiger charge is 2.14. The van der Waals surface area contributed by atoms with Gasteiger partial charge in [0.15, 0.2) is 5.16 Å². The summed E-state index contributed by atoms with van der Waals surface area (Å²) in [6.07, 6.45) is 0. The van der Waals surface area contributed by atoms with Gasteiger partial charge < -0.3 is 4.57 Å². The number of aromatic nitrogens is 3. The predicted molar refractivity (Wildman–Crippen MR) is 113 cm³/mol. The Bertz CT molecular complexity index is 911. The lowest BCUT2D eigenvalue weighted by atomic mass is 10.2. The van der Waals surface area contributed by atoms with Crippen molar-refractivity contribution in [1.82, 2.24) is 14.8 Å². The fourth-order valence-electron chi connectivity index (χ4n) is 2.22. The summed E-state index contributed by atoms with van der Waals surface area (Å²) in [6.45, 7) is 2.08. The van der Waals surface area contributed by atoms with Crippen molar-refractivity contribution < 1.29 is 0 Å². The third-order valence-corrected chi connectivity index (χ3v) is 7.05. The van der Waals surface area contributed by atoms with Crippen LogP contribution >= 0.6 is 58.3 Å². The Morgan fingerprint density at radius 3 is 2.31 bits per heavy atom. The van der Waals surface area contributed by atoms with Gasteiger partial charge >= 0.3 is 0 Å². The Kier molecular flexibility index (Phi) is 6.81. The van der Waals surface area contributed by atoms with Crippen molar-refractivity contribution in [1.29, 1.82) is 0 Å². The van der Waals surface area contributed by atoms with Gasteiger partial charge in [-0.15, -0.1) is 22.0 Å². The molecule has 2 aromatic carbocycles. The standard InChI is InChI=1S/C18H16Cl3N3S2/c1-11-3-5-12(6-4-11)25-10-16-22-23-18(24(16)2)26-9-13-14(19)7-8-15(20)17(13)21/h3-8H,9-10H2,1-2H3. The molecule has 0 aliphatic carbocycles. The maximum Gasteiger partial charge on any atom is 0.191 e. The molecule has 136 valence electrons. The van der Waals surface area contributed by atoms with Gasteiger partial charge in [-0.25, -0.2) is 0 Å². The second-order valence-corrected chi connectivity index (χ2v) is 8.85. The molecule has 0 saturated heterocycles. The summed E-state index contributed by atoms with van der Waals surface area (Å²) in [5.74, 6) is 2.25. The Morgan fingerprint density at radius 2 is 1.58 bits per heavy atom. The monoisotopic (exact) mass is 443 g/mol. The van der Waals surface area contributed by atoms with E-state index in [0.29, 0.717) is 20.8 Å². The van der Waals surface area contributed by atoms with Crippen LogP contribution < -0.4 is 0 Å². The van der Waals surface area contributed by atoms with Crippen molar-refractivity contribution in [2.24, 2.45) is 7.05 Å². The summed E-state index contributed by atoms with van der Waals surface area (Å²) < 4.78 is 2.00. The lowest BCUT2D eigenvalue weighted by Crippen LogP contribution is -1.98. The molecule has 0 fully saturated rings. The molecular formula is C18H16Cl3N3S2. The third-order valence-electron chi connectivity index (χ3n) is 3.80. The number of rotatable bonds is 6. The van der Waals surface area contributed by atoms with Crippen LogP contribution in [-0.4, -0.2) is 14.8 Å². The summed E-state index contributed by atoms with van der Waals surface area (Å²) in [7, 11) is 1.97. The van der Waals surface area contributed by atoms with E-state index in [1.807, 2.05) is 11.6 Å². The molecule has 0 amide bonds. The zero-order valence-corrected chi connectivity index (χ0v) is 18.1. The second kappa shape index (κ2) is 8.89. The van der Waals surface area contributed by atoms with Crippen LogP contribution in [0, 0.1) is 6.92 Å². The predicted octanol–water partition coefficient (Wildman–Crippen LogP) is 6.67. The largest absolute Gasteiger partial charge is 0.308 e. The summed E-state index contributed by atoms with van der Waals surface area (Å²) in [4.78, 5) is 1.21. The van der Waals surface area contributed by atoms with Crippen LogP contribution in [0.4, 0.5) is 0 Å². The molecule has 0 radical (unpaired) electrons. The number of nitrogens with zero attached hydrogens (tertiary/aromatic N) is 3. The highest BCUT2D eigenvalue weighted by Crippen LogP contribution is 2.35. The first-order valence-electron chi connectivity index (χ1n) is 7.78. The molecule has 0 N–H and O–H groups in total. The fraction of sp³-hybridized carbons (Fsp3) is 0.222. The first-order valence-corrected chi connectivity index (χ1v) is 10.9. The molecule has 1 heterocycles. The molecule has 3 aromatic rings. The zero-order valence-electron chi connectivity index (χ0n) is 14.2. The minimum atomic E-state index is 0.490. The quantitative estimate of drug-likeness (QED) is 0.314. The Labute approximate surface area is 176 Å². The number of halogens is 3. The molecule has 3 rings (SSSR count). The normalized spacial score (nSPS) is 11.1. The first-order chi connectivity index (χ1) is 12.5. The lowest BCUT2D eigenvalue weighted by molar-refractivity contribution is 0.761. The Balaban J connectivity index is 1.66. The minimum absolute atomic E-state index is 0.490. The summed E-state index contributed by atoms with van der Waals surface area (Å²) >= 11 is 21.9. The molecule has 0 aliphatic rings. The molecule has 0 saturated carbocycles. The van der Waals surface area contributed by atoms with E-state index in [9.17, 15) is 0 Å². The van der Waals surface area contributed by atoms with Crippen LogP contribution in [0.3, 0.4) is 0 Å². The first kappa shape index (κ1) is 19.9. The number of aryl methyl sites for hydroxylation is 1. The van der Waals surface area contributed by atoms with Gasteiger partial charge in [-0.2, -0.15) is 0 Å². The van der Waals surface area contributed by atoms with Crippen LogP contribution in [-0.2, 0) is 18.6 Å². The average Bonchev–Trinajstić information content (AvgIpc) is 2.98. The topological polar surface area (TPSA) is 30.7 Å². The van der Waals surface area contributed by atoms with Crippen LogP contribution in [0.15, 0.2) is 46.5 Å². The molecule has 3 nitrogen and oxygen atoms in total. The van der Waals surface area contributed by atoms with Crippen molar-refractivity contribution in [3.8, 4) is 0 Å². The number of benzene rings is 2. The van der Waals surface area contributed by atoms with E-state index < -0.39 is 0 Å². The molecule has 0 unspecified atom stereocenters. The van der Waals surface area contributed by atoms with Crippen molar-refractivity contribution in [3.63, 3.8) is 0 Å². The summed E-state index contributed by atoms with van der Waals surface area (Å²) in [5.41, 5.74) is 2.06. The molecule has 1 aromatic heterocycles. The van der Waals surface area contributed by atoms with Gasteiger partial charge in [0.05, 0.1) is 15.8 Å². The van der Waals surface area contributed by atoms with Crippen LogP contribution in [0.1, 0.15) is 17.0 Å². The molecule has 0 bridgehead atoms. The molecular weight excluding hydrogens is 429 g/mol. The Hall–Kier alpha value is -0.850. The van der Waals surface area contributed by atoms with Gasteiger partial charge in [0.1, 0.15) is 5.82 Å². The fourth-order valence-corrected chi connectivity index (χ4v) is 4.90. The van der Waals surface area contributed by atoms with Gasteiger partial charge in [0, 0.05) is 28.3 Å². The molecule has 0 aliphatic heterocycles. The summed E-state index contributed by atoms with van der Waals surface area (Å²) in [5, 5.41) is 11.0. The van der Waals surface area contributed by atoms with Gasteiger partial charge in [0.25, 0.3) is 0 Å². The van der Waals surface area contributed by atoms with Gasteiger partial charge in [-0.1, -0.05) is 64.3 Å². The van der Waals surface area contributed by atoms with E-state index in [0.717, 1.165) is 22.3 Å². The minimum Gasteiger partial charge on any atom is -0.308 e. The van der Waals surface area contributed by atoms with E-state index in [4.69, 9.17) is 34.8 Å². The number of hydrogen-bond acceptors (Lipinski definition) is 4. The van der Waals surface area contributed by atoms with E-state index >= 15 is 0 Å². The highest BCUT2D eigenvalue weighted by molar-refractivity contribution is 7.98. The zero-order chi connectivity index (χ0) is 18.7. The highest BCUT2D eigenvalue weighted by atomic mass is 35.5. The molecule has 26 heavy (non-hydrogen) atoms. The van der Waals surface area contributed by atoms with Gasteiger partial charge in [-0.3, -0.25) is 0 Å². The molecule has 0 spiro atoms. The van der Waals surface area contributed by atoms with Crippen molar-refractivity contribution >= 4 is 58.3 Å². The summed E-state index contributed by atoms with van der Waals surface area (Å²) in [6, 6.07) is 11.9. The maximum atomic E-state index is 6.26. The second-order valence-electron chi connectivity index (χ2n) is 5.67. The van der Waals surface area contributed by atoms with Crippen molar-refractivity contribution in [3.05, 3.63) is 68.4 Å². The number of thioether (sulfide) groups is 2. The molecule has 0 atom stereocenters. The third kappa shape index (κ3) is 4.70. The van der Waals surface area contributed by atoms with Gasteiger partial charge in [-0.05, 0) is 31.2 Å². The average molecular weight is 445 g/mol.